The molecule has 5 heteroatoms. The number of nitrogens with one attached hydrogen (secondary N) is 1. The maximum Gasteiger partial charge on any atom is 0.337 e. The number of halogens is 1. The predicted molar refractivity (Wildman–Crippen MR) is 73.2 cm³/mol. The first-order chi connectivity index (χ1) is 9.42. The minimum atomic E-state index is -1.19. The lowest BCUT2D eigenvalue weighted by Gasteiger charge is -2.32. The maximum absolute atomic E-state index is 13.3. The maximum atomic E-state index is 13.3. The summed E-state index contributed by atoms with van der Waals surface area (Å²) in [5, 5.41) is 11.7. The van der Waals surface area contributed by atoms with Crippen LogP contribution in [-0.4, -0.2) is 17.0 Å². The molecule has 2 N–H and O–H groups in total. The lowest BCUT2D eigenvalue weighted by molar-refractivity contribution is -0.126. The van der Waals surface area contributed by atoms with Gasteiger partial charge in [-0.1, -0.05) is 26.2 Å². The van der Waals surface area contributed by atoms with Crippen LogP contribution >= 0.6 is 0 Å². The molecule has 1 aromatic rings. The highest BCUT2D eigenvalue weighted by Crippen LogP contribution is 2.37. The van der Waals surface area contributed by atoms with Crippen LogP contribution in [0.15, 0.2) is 18.2 Å². The first kappa shape index (κ1) is 14.5. The quantitative estimate of drug-likeness (QED) is 0.890. The molecule has 1 aromatic carbocycles. The molecular weight excluding hydrogens is 261 g/mol. The molecule has 0 aromatic heterocycles. The number of carbonyl (C=O) groups excluding carboxylic acids is 1. The predicted octanol–water partition coefficient (Wildman–Crippen LogP) is 3.43. The average Bonchev–Trinajstić information content (AvgIpc) is 2.39. The zero-order valence-corrected chi connectivity index (χ0v) is 11.4. The third-order valence-corrected chi connectivity index (χ3v) is 3.97. The van der Waals surface area contributed by atoms with Crippen molar-refractivity contribution in [2.45, 2.75) is 39.0 Å². The van der Waals surface area contributed by atoms with Gasteiger partial charge in [0.15, 0.2) is 0 Å². The molecule has 0 radical (unpaired) electrons. The smallest absolute Gasteiger partial charge is 0.337 e. The fourth-order valence-corrected chi connectivity index (χ4v) is 2.64. The molecule has 4 nitrogen and oxygen atoms in total. The molecule has 0 unspecified atom stereocenters. The van der Waals surface area contributed by atoms with Crippen molar-refractivity contribution in [1.29, 1.82) is 0 Å². The van der Waals surface area contributed by atoms with Crippen molar-refractivity contribution in [2.24, 2.45) is 5.41 Å². The van der Waals surface area contributed by atoms with Crippen molar-refractivity contribution in [3.8, 4) is 0 Å². The van der Waals surface area contributed by atoms with Crippen LogP contribution < -0.4 is 5.32 Å². The van der Waals surface area contributed by atoms with Gasteiger partial charge in [-0.25, -0.2) is 9.18 Å². The molecule has 1 aliphatic carbocycles. The van der Waals surface area contributed by atoms with Gasteiger partial charge in [-0.05, 0) is 31.0 Å². The van der Waals surface area contributed by atoms with E-state index in [0.717, 1.165) is 50.3 Å². The summed E-state index contributed by atoms with van der Waals surface area (Å²) in [7, 11) is 0. The van der Waals surface area contributed by atoms with E-state index in [2.05, 4.69) is 5.32 Å². The summed E-state index contributed by atoms with van der Waals surface area (Å²) < 4.78 is 13.3. The Hall–Kier alpha value is -1.91. The Bertz CT molecular complexity index is 536. The highest BCUT2D eigenvalue weighted by Gasteiger charge is 2.35. The second-order valence-electron chi connectivity index (χ2n) is 5.57. The normalized spacial score (nSPS) is 17.5. The van der Waals surface area contributed by atoms with E-state index >= 15 is 0 Å². The van der Waals surface area contributed by atoms with E-state index in [-0.39, 0.29) is 17.2 Å². The Morgan fingerprint density at radius 1 is 1.25 bits per heavy atom. The molecule has 20 heavy (non-hydrogen) atoms. The van der Waals surface area contributed by atoms with Gasteiger partial charge < -0.3 is 10.4 Å². The Kier molecular flexibility index (Phi) is 4.06. The topological polar surface area (TPSA) is 66.4 Å². The molecule has 0 spiro atoms. The number of hydrogen-bond donors (Lipinski definition) is 2. The molecule has 0 bridgehead atoms. The summed E-state index contributed by atoms with van der Waals surface area (Å²) in [5.41, 5.74) is -0.575. The molecule has 108 valence electrons. The summed E-state index contributed by atoms with van der Waals surface area (Å²) in [6.45, 7) is 1.88. The Labute approximate surface area is 117 Å². The molecule has 0 saturated heterocycles. The van der Waals surface area contributed by atoms with Gasteiger partial charge in [0, 0.05) is 5.41 Å². The molecule has 1 amide bonds. The van der Waals surface area contributed by atoms with E-state index in [1.165, 1.54) is 0 Å². The molecule has 0 atom stereocenters. The third-order valence-electron chi connectivity index (χ3n) is 3.97. The lowest BCUT2D eigenvalue weighted by atomic mass is 9.75. The van der Waals surface area contributed by atoms with E-state index in [0.29, 0.717) is 0 Å². The monoisotopic (exact) mass is 279 g/mol. The van der Waals surface area contributed by atoms with Crippen LogP contribution in [0.5, 0.6) is 0 Å². The molecule has 2 rings (SSSR count). The van der Waals surface area contributed by atoms with E-state index in [9.17, 15) is 14.0 Å². The van der Waals surface area contributed by atoms with Gasteiger partial charge in [-0.15, -0.1) is 0 Å². The Morgan fingerprint density at radius 2 is 1.90 bits per heavy atom. The summed E-state index contributed by atoms with van der Waals surface area (Å²) in [6.07, 6.45) is 4.63. The number of carbonyl (C=O) groups is 2. The fourth-order valence-electron chi connectivity index (χ4n) is 2.64. The van der Waals surface area contributed by atoms with Crippen LogP contribution in [0.3, 0.4) is 0 Å². The lowest BCUT2D eigenvalue weighted by Crippen LogP contribution is -2.35. The van der Waals surface area contributed by atoms with Crippen molar-refractivity contribution in [1.82, 2.24) is 0 Å². The van der Waals surface area contributed by atoms with Crippen LogP contribution in [0.2, 0.25) is 0 Å². The molecule has 1 saturated carbocycles. The number of aromatic carboxylic acids is 1. The molecular formula is C15H18FNO3. The number of amides is 1. The Balaban J connectivity index is 2.23. The van der Waals surface area contributed by atoms with Gasteiger partial charge in [0.25, 0.3) is 0 Å². The zero-order valence-electron chi connectivity index (χ0n) is 11.4. The average molecular weight is 279 g/mol. The number of hydrogen-bond acceptors (Lipinski definition) is 2. The number of carboxylic acid groups (broad SMARTS) is 1. The van der Waals surface area contributed by atoms with Crippen LogP contribution in [0.1, 0.15) is 49.4 Å². The van der Waals surface area contributed by atoms with E-state index in [1.54, 1.807) is 0 Å². The van der Waals surface area contributed by atoms with Crippen molar-refractivity contribution < 1.29 is 19.1 Å². The van der Waals surface area contributed by atoms with Gasteiger partial charge in [0.1, 0.15) is 5.82 Å². The summed E-state index contributed by atoms with van der Waals surface area (Å²) >= 11 is 0. The minimum Gasteiger partial charge on any atom is -0.478 e. The van der Waals surface area contributed by atoms with Crippen LogP contribution in [-0.2, 0) is 4.79 Å². The molecule has 1 fully saturated rings. The summed E-state index contributed by atoms with van der Waals surface area (Å²) in [5.74, 6) is -1.99. The van der Waals surface area contributed by atoms with Gasteiger partial charge in [-0.3, -0.25) is 4.79 Å². The van der Waals surface area contributed by atoms with E-state index in [1.807, 2.05) is 6.92 Å². The highest BCUT2D eigenvalue weighted by molar-refractivity contribution is 6.02. The van der Waals surface area contributed by atoms with Crippen molar-refractivity contribution >= 4 is 17.6 Å². The SMILES string of the molecule is CC1(C(=O)Nc2cc(F)ccc2C(=O)O)CCCCC1. The van der Waals surface area contributed by atoms with E-state index in [4.69, 9.17) is 5.11 Å². The van der Waals surface area contributed by atoms with E-state index < -0.39 is 17.2 Å². The third kappa shape index (κ3) is 2.98. The van der Waals surface area contributed by atoms with Crippen LogP contribution in [0.25, 0.3) is 0 Å². The zero-order chi connectivity index (χ0) is 14.8. The molecule has 0 heterocycles. The largest absolute Gasteiger partial charge is 0.478 e. The summed E-state index contributed by atoms with van der Waals surface area (Å²) in [6, 6.07) is 3.28. The fraction of sp³-hybridized carbons (Fsp3) is 0.467. The Morgan fingerprint density at radius 3 is 2.50 bits per heavy atom. The number of rotatable bonds is 3. The number of carboxylic acids is 1. The summed E-state index contributed by atoms with van der Waals surface area (Å²) in [4.78, 5) is 23.4. The second kappa shape index (κ2) is 5.61. The first-order valence-electron chi connectivity index (χ1n) is 6.77. The standard InChI is InChI=1S/C15H18FNO3/c1-15(7-3-2-4-8-15)14(20)17-12-9-10(16)5-6-11(12)13(18)19/h5-6,9H,2-4,7-8H2,1H3,(H,17,20)(H,18,19). The van der Waals surface area contributed by atoms with Crippen molar-refractivity contribution in [2.75, 3.05) is 5.32 Å². The first-order valence-corrected chi connectivity index (χ1v) is 6.77. The van der Waals surface area contributed by atoms with Crippen molar-refractivity contribution in [3.05, 3.63) is 29.6 Å². The van der Waals surface area contributed by atoms with Crippen LogP contribution in [0, 0.1) is 11.2 Å². The van der Waals surface area contributed by atoms with Gasteiger partial charge in [0.05, 0.1) is 11.3 Å². The minimum absolute atomic E-state index is 0.0225. The van der Waals surface area contributed by atoms with Crippen LogP contribution in [0.4, 0.5) is 10.1 Å². The van der Waals surface area contributed by atoms with Gasteiger partial charge in [-0.2, -0.15) is 0 Å². The highest BCUT2D eigenvalue weighted by atomic mass is 19.1. The number of benzene rings is 1. The van der Waals surface area contributed by atoms with Gasteiger partial charge in [0.2, 0.25) is 5.91 Å². The van der Waals surface area contributed by atoms with Gasteiger partial charge >= 0.3 is 5.97 Å². The van der Waals surface area contributed by atoms with Crippen molar-refractivity contribution in [3.63, 3.8) is 0 Å². The molecule has 1 aliphatic rings. The second-order valence-corrected chi connectivity index (χ2v) is 5.57. The molecule has 0 aliphatic heterocycles. The number of anilines is 1.